The minimum atomic E-state index is -4.54. The Morgan fingerprint density at radius 3 is 2.31 bits per heavy atom. The van der Waals surface area contributed by atoms with Crippen molar-refractivity contribution in [1.29, 1.82) is 0 Å². The van der Waals surface area contributed by atoms with Gasteiger partial charge in [-0.25, -0.2) is 0 Å². The monoisotopic (exact) mass is 502 g/mol. The molecule has 2 aromatic carbocycles. The van der Waals surface area contributed by atoms with Gasteiger partial charge in [0.25, 0.3) is 11.8 Å². The minimum Gasteiger partial charge on any atom is -0.352 e. The lowest BCUT2D eigenvalue weighted by Crippen LogP contribution is -2.57. The highest BCUT2D eigenvalue weighted by Gasteiger charge is 2.54. The summed E-state index contributed by atoms with van der Waals surface area (Å²) in [7, 11) is 0. The number of anilines is 1. The fraction of sp³-hybridized carbons (Fsp3) is 0.423. The fourth-order valence-electron chi connectivity index (χ4n) is 4.95. The molecule has 2 aliphatic rings. The molecule has 0 aliphatic carbocycles. The molecular weight excluding hydrogens is 473 g/mol. The molecule has 0 aromatic heterocycles. The zero-order valence-electron chi connectivity index (χ0n) is 20.2. The van der Waals surface area contributed by atoms with Gasteiger partial charge in [0.2, 0.25) is 5.91 Å². The molecule has 7 nitrogen and oxygen atoms in total. The zero-order chi connectivity index (χ0) is 26.1. The number of alkyl halides is 3. The van der Waals surface area contributed by atoms with Crippen molar-refractivity contribution in [3.63, 3.8) is 0 Å². The molecule has 2 heterocycles. The van der Waals surface area contributed by atoms with E-state index in [4.69, 9.17) is 0 Å². The van der Waals surface area contributed by atoms with Gasteiger partial charge in [0, 0.05) is 30.4 Å². The van der Waals surface area contributed by atoms with Crippen LogP contribution in [-0.4, -0.2) is 65.4 Å². The summed E-state index contributed by atoms with van der Waals surface area (Å²) in [4.78, 5) is 44.1. The van der Waals surface area contributed by atoms with Crippen LogP contribution in [0.15, 0.2) is 54.6 Å². The maximum Gasteiger partial charge on any atom is 0.416 e. The maximum atomic E-state index is 13.7. The number of amides is 3. The summed E-state index contributed by atoms with van der Waals surface area (Å²) in [5, 5.41) is 2.81. The Hall–Kier alpha value is -3.56. The second kappa shape index (κ2) is 9.83. The van der Waals surface area contributed by atoms with E-state index in [1.54, 1.807) is 0 Å². The van der Waals surface area contributed by atoms with Crippen LogP contribution in [0.5, 0.6) is 0 Å². The number of likely N-dealkylation sites (tertiary alicyclic amines) is 1. The number of nitrogens with zero attached hydrogens (tertiary/aromatic N) is 3. The highest BCUT2D eigenvalue weighted by atomic mass is 19.4. The Labute approximate surface area is 207 Å². The first-order valence-electron chi connectivity index (χ1n) is 11.9. The van der Waals surface area contributed by atoms with Crippen LogP contribution in [0.2, 0.25) is 0 Å². The van der Waals surface area contributed by atoms with Gasteiger partial charge in [-0.3, -0.25) is 14.4 Å². The third-order valence-corrected chi connectivity index (χ3v) is 6.68. The van der Waals surface area contributed by atoms with Crippen LogP contribution in [-0.2, 0) is 15.8 Å². The summed E-state index contributed by atoms with van der Waals surface area (Å²) < 4.78 is 39.4. The second-order valence-electron chi connectivity index (χ2n) is 9.53. The summed E-state index contributed by atoms with van der Waals surface area (Å²) in [6.07, 6.45) is -3.94. The van der Waals surface area contributed by atoms with Crippen LogP contribution in [0.3, 0.4) is 0 Å². The van der Waals surface area contributed by atoms with Gasteiger partial charge < -0.3 is 20.0 Å². The third-order valence-electron chi connectivity index (χ3n) is 6.68. The van der Waals surface area contributed by atoms with Gasteiger partial charge in [0.05, 0.1) is 12.2 Å². The number of halogens is 3. The van der Waals surface area contributed by atoms with Crippen LogP contribution < -0.4 is 10.2 Å². The number of hydrogen-bond donors (Lipinski definition) is 1. The smallest absolute Gasteiger partial charge is 0.352 e. The molecule has 36 heavy (non-hydrogen) atoms. The summed E-state index contributed by atoms with van der Waals surface area (Å²) in [6, 6.07) is 13.7. The molecule has 3 amide bonds. The quantitative estimate of drug-likeness (QED) is 0.679. The average molecular weight is 503 g/mol. The van der Waals surface area contributed by atoms with E-state index in [9.17, 15) is 27.6 Å². The number of benzene rings is 2. The molecule has 0 radical (unpaired) electrons. The Morgan fingerprint density at radius 1 is 1.03 bits per heavy atom. The van der Waals surface area contributed by atoms with Crippen molar-refractivity contribution >= 4 is 23.4 Å². The molecule has 0 unspecified atom stereocenters. The van der Waals surface area contributed by atoms with E-state index < -0.39 is 23.2 Å². The molecule has 2 aromatic rings. The van der Waals surface area contributed by atoms with Crippen LogP contribution in [0.4, 0.5) is 18.9 Å². The molecular formula is C26H29F3N4O3. The van der Waals surface area contributed by atoms with Gasteiger partial charge in [-0.1, -0.05) is 24.3 Å². The van der Waals surface area contributed by atoms with E-state index >= 15 is 0 Å². The average Bonchev–Trinajstić information content (AvgIpc) is 3.09. The summed E-state index contributed by atoms with van der Waals surface area (Å²) in [6.45, 7) is 4.26. The summed E-state index contributed by atoms with van der Waals surface area (Å²) >= 11 is 0. The molecule has 2 aliphatic heterocycles. The zero-order valence-corrected chi connectivity index (χ0v) is 20.2. The lowest BCUT2D eigenvalue weighted by atomic mass is 9.85. The van der Waals surface area contributed by atoms with E-state index in [0.717, 1.165) is 17.8 Å². The molecule has 0 bridgehead atoms. The number of hydrogen-bond acceptors (Lipinski definition) is 4. The van der Waals surface area contributed by atoms with Crippen molar-refractivity contribution in [2.75, 3.05) is 31.2 Å². The Balaban J connectivity index is 1.54. The van der Waals surface area contributed by atoms with Crippen molar-refractivity contribution in [1.82, 2.24) is 15.1 Å². The van der Waals surface area contributed by atoms with Crippen molar-refractivity contribution in [3.8, 4) is 0 Å². The summed E-state index contributed by atoms with van der Waals surface area (Å²) in [5.41, 5.74) is -1.02. The van der Waals surface area contributed by atoms with Gasteiger partial charge in [-0.2, -0.15) is 13.2 Å². The van der Waals surface area contributed by atoms with Gasteiger partial charge in [0.1, 0.15) is 12.1 Å². The molecule has 2 fully saturated rings. The predicted octanol–water partition coefficient (Wildman–Crippen LogP) is 3.51. The Morgan fingerprint density at radius 2 is 1.69 bits per heavy atom. The number of carbonyl (C=O) groups is 3. The van der Waals surface area contributed by atoms with Crippen LogP contribution in [0.1, 0.15) is 42.6 Å². The van der Waals surface area contributed by atoms with Crippen molar-refractivity contribution in [2.45, 2.75) is 44.4 Å². The van der Waals surface area contributed by atoms with E-state index in [1.165, 1.54) is 21.9 Å². The highest BCUT2D eigenvalue weighted by Crippen LogP contribution is 2.40. The van der Waals surface area contributed by atoms with Crippen molar-refractivity contribution in [2.24, 2.45) is 0 Å². The van der Waals surface area contributed by atoms with Crippen molar-refractivity contribution < 1.29 is 27.6 Å². The van der Waals surface area contributed by atoms with Crippen molar-refractivity contribution in [3.05, 3.63) is 65.7 Å². The third kappa shape index (κ3) is 5.03. The van der Waals surface area contributed by atoms with Gasteiger partial charge in [-0.15, -0.1) is 0 Å². The lowest BCUT2D eigenvalue weighted by molar-refractivity contribution is -0.137. The number of piperidine rings is 1. The standard InChI is InChI=1S/C26H29F3N4O3/c1-18(2)30-22(34)16-32-17-33(21-9-4-3-5-10-21)25(24(32)36)11-13-31(14-12-25)23(35)19-7-6-8-20(15-19)26(27,28)29/h3-10,15,18H,11-14,16-17H2,1-2H3,(H,30,34). The molecule has 0 atom stereocenters. The van der Waals surface area contributed by atoms with E-state index in [0.29, 0.717) is 12.8 Å². The SMILES string of the molecule is CC(C)NC(=O)CN1CN(c2ccccc2)C2(CCN(C(=O)c3cccc(C(F)(F)F)c3)CC2)C1=O. The van der Waals surface area contributed by atoms with E-state index in [2.05, 4.69) is 5.32 Å². The number of para-hydroxylation sites is 1. The Bertz CT molecular complexity index is 1130. The van der Waals surface area contributed by atoms with Gasteiger partial charge >= 0.3 is 6.18 Å². The van der Waals surface area contributed by atoms with Crippen LogP contribution in [0.25, 0.3) is 0 Å². The van der Waals surface area contributed by atoms with Gasteiger partial charge in [0.15, 0.2) is 0 Å². The molecule has 10 heteroatoms. The van der Waals surface area contributed by atoms with E-state index in [1.807, 2.05) is 49.1 Å². The normalized spacial score (nSPS) is 17.7. The van der Waals surface area contributed by atoms with Crippen LogP contribution in [0, 0.1) is 0 Å². The number of nitrogens with one attached hydrogen (secondary N) is 1. The molecule has 1 spiro atoms. The first-order chi connectivity index (χ1) is 17.0. The molecule has 2 saturated heterocycles. The Kier molecular flexibility index (Phi) is 6.97. The number of carbonyl (C=O) groups excluding carboxylic acids is 3. The number of rotatable bonds is 5. The van der Waals surface area contributed by atoms with E-state index in [-0.39, 0.29) is 49.7 Å². The molecule has 1 N–H and O–H groups in total. The first-order valence-corrected chi connectivity index (χ1v) is 11.9. The topological polar surface area (TPSA) is 73.0 Å². The molecule has 192 valence electrons. The largest absolute Gasteiger partial charge is 0.416 e. The fourth-order valence-corrected chi connectivity index (χ4v) is 4.95. The van der Waals surface area contributed by atoms with Gasteiger partial charge in [-0.05, 0) is 57.0 Å². The highest BCUT2D eigenvalue weighted by molar-refractivity contribution is 5.97. The second-order valence-corrected chi connectivity index (χ2v) is 9.53. The van der Waals surface area contributed by atoms with Crippen LogP contribution >= 0.6 is 0 Å². The molecule has 0 saturated carbocycles. The summed E-state index contributed by atoms with van der Waals surface area (Å²) in [5.74, 6) is -0.933. The lowest BCUT2D eigenvalue weighted by Gasteiger charge is -2.43. The predicted molar refractivity (Wildman–Crippen MR) is 128 cm³/mol. The minimum absolute atomic E-state index is 0.0366. The molecule has 4 rings (SSSR count). The first kappa shape index (κ1) is 25.5. The maximum absolute atomic E-state index is 13.7.